The summed E-state index contributed by atoms with van der Waals surface area (Å²) in [5, 5.41) is 0. The van der Waals surface area contributed by atoms with Crippen LogP contribution in [0.5, 0.6) is 0 Å². The molecule has 0 radical (unpaired) electrons. The standard InChI is InChI=1S/C15H19NO2/c17-15(18-11-13-4-2-1-3-5-13)16(14-8-9-14)10-12-6-7-12/h1-5,12,14H,6-11H2. The van der Waals surface area contributed by atoms with E-state index in [4.69, 9.17) is 4.74 Å². The third-order valence-electron chi connectivity index (χ3n) is 3.58. The summed E-state index contributed by atoms with van der Waals surface area (Å²) in [7, 11) is 0. The van der Waals surface area contributed by atoms with Crippen LogP contribution >= 0.6 is 0 Å². The van der Waals surface area contributed by atoms with Gasteiger partial charge >= 0.3 is 6.09 Å². The van der Waals surface area contributed by atoms with Crippen molar-refractivity contribution in [2.45, 2.75) is 38.3 Å². The minimum absolute atomic E-state index is 0.131. The minimum atomic E-state index is -0.131. The molecule has 1 aromatic carbocycles. The fraction of sp³-hybridized carbons (Fsp3) is 0.533. The van der Waals surface area contributed by atoms with Gasteiger partial charge in [0.15, 0.2) is 0 Å². The van der Waals surface area contributed by atoms with Crippen molar-refractivity contribution in [2.75, 3.05) is 6.54 Å². The number of rotatable bonds is 5. The summed E-state index contributed by atoms with van der Waals surface area (Å²) in [4.78, 5) is 14.0. The third-order valence-corrected chi connectivity index (χ3v) is 3.58. The zero-order valence-corrected chi connectivity index (χ0v) is 10.5. The maximum Gasteiger partial charge on any atom is 0.410 e. The molecule has 0 atom stereocenters. The highest BCUT2D eigenvalue weighted by Crippen LogP contribution is 2.35. The predicted octanol–water partition coefficient (Wildman–Crippen LogP) is 3.20. The average Bonchev–Trinajstić information content (AvgIpc) is 3.28. The molecular formula is C15H19NO2. The first-order chi connectivity index (χ1) is 8.83. The normalized spacial score (nSPS) is 18.4. The molecule has 96 valence electrons. The van der Waals surface area contributed by atoms with Crippen LogP contribution < -0.4 is 0 Å². The van der Waals surface area contributed by atoms with Gasteiger partial charge in [0.25, 0.3) is 0 Å². The number of hydrogen-bond donors (Lipinski definition) is 0. The highest BCUT2D eigenvalue weighted by atomic mass is 16.6. The van der Waals surface area contributed by atoms with Crippen LogP contribution in [0.1, 0.15) is 31.2 Å². The number of hydrogen-bond acceptors (Lipinski definition) is 2. The first-order valence-electron chi connectivity index (χ1n) is 6.80. The molecule has 2 aliphatic rings. The maximum absolute atomic E-state index is 12.1. The van der Waals surface area contributed by atoms with Crippen LogP contribution in [0.3, 0.4) is 0 Å². The number of nitrogens with zero attached hydrogens (tertiary/aromatic N) is 1. The highest BCUT2D eigenvalue weighted by molar-refractivity contribution is 5.68. The molecule has 0 spiro atoms. The Balaban J connectivity index is 1.52. The Labute approximate surface area is 108 Å². The molecule has 1 amide bonds. The van der Waals surface area contributed by atoms with E-state index in [0.29, 0.717) is 12.6 Å². The van der Waals surface area contributed by atoms with E-state index < -0.39 is 0 Å². The Morgan fingerprint density at radius 2 is 1.89 bits per heavy atom. The maximum atomic E-state index is 12.1. The van der Waals surface area contributed by atoms with Gasteiger partial charge in [-0.05, 0) is 37.2 Å². The van der Waals surface area contributed by atoms with Gasteiger partial charge in [-0.25, -0.2) is 4.79 Å². The van der Waals surface area contributed by atoms with E-state index in [1.807, 2.05) is 35.2 Å². The molecule has 2 aliphatic carbocycles. The van der Waals surface area contributed by atoms with Crippen molar-refractivity contribution in [1.82, 2.24) is 4.90 Å². The number of carbonyl (C=O) groups is 1. The van der Waals surface area contributed by atoms with Crippen LogP contribution in [0.15, 0.2) is 30.3 Å². The molecule has 0 unspecified atom stereocenters. The van der Waals surface area contributed by atoms with Crippen molar-refractivity contribution in [3.63, 3.8) is 0 Å². The molecule has 3 heteroatoms. The highest BCUT2D eigenvalue weighted by Gasteiger charge is 2.37. The molecule has 3 rings (SSSR count). The first kappa shape index (κ1) is 11.6. The molecule has 0 aromatic heterocycles. The minimum Gasteiger partial charge on any atom is -0.445 e. The molecule has 0 saturated heterocycles. The van der Waals surface area contributed by atoms with E-state index in [-0.39, 0.29) is 6.09 Å². The molecule has 18 heavy (non-hydrogen) atoms. The molecule has 3 nitrogen and oxygen atoms in total. The Bertz CT molecular complexity index is 410. The zero-order valence-electron chi connectivity index (χ0n) is 10.5. The molecule has 2 saturated carbocycles. The molecule has 0 N–H and O–H groups in total. The fourth-order valence-electron chi connectivity index (χ4n) is 2.14. The van der Waals surface area contributed by atoms with Gasteiger partial charge in [-0.2, -0.15) is 0 Å². The van der Waals surface area contributed by atoms with E-state index in [9.17, 15) is 4.79 Å². The van der Waals surface area contributed by atoms with E-state index in [2.05, 4.69) is 0 Å². The second-order valence-electron chi connectivity index (χ2n) is 5.37. The molecule has 0 bridgehead atoms. The lowest BCUT2D eigenvalue weighted by Gasteiger charge is -2.21. The van der Waals surface area contributed by atoms with Crippen LogP contribution in [0.25, 0.3) is 0 Å². The lowest BCUT2D eigenvalue weighted by atomic mass is 10.2. The second kappa shape index (κ2) is 5.01. The molecule has 1 aromatic rings. The van der Waals surface area contributed by atoms with E-state index in [1.165, 1.54) is 12.8 Å². The van der Waals surface area contributed by atoms with E-state index >= 15 is 0 Å². The van der Waals surface area contributed by atoms with E-state index in [1.54, 1.807) is 0 Å². The van der Waals surface area contributed by atoms with Crippen molar-refractivity contribution in [1.29, 1.82) is 0 Å². The lowest BCUT2D eigenvalue weighted by Crippen LogP contribution is -2.35. The van der Waals surface area contributed by atoms with Gasteiger partial charge in [0.05, 0.1) is 0 Å². The van der Waals surface area contributed by atoms with E-state index in [0.717, 1.165) is 30.9 Å². The van der Waals surface area contributed by atoms with Crippen molar-refractivity contribution in [2.24, 2.45) is 5.92 Å². The van der Waals surface area contributed by atoms with Crippen molar-refractivity contribution < 1.29 is 9.53 Å². The smallest absolute Gasteiger partial charge is 0.410 e. The van der Waals surface area contributed by atoms with Gasteiger partial charge in [-0.1, -0.05) is 30.3 Å². The Hall–Kier alpha value is -1.51. The van der Waals surface area contributed by atoms with Crippen molar-refractivity contribution in [3.05, 3.63) is 35.9 Å². The summed E-state index contributed by atoms with van der Waals surface area (Å²) in [6.07, 6.45) is 4.71. The predicted molar refractivity (Wildman–Crippen MR) is 69.1 cm³/mol. The SMILES string of the molecule is O=C(OCc1ccccc1)N(CC1CC1)C1CC1. The van der Waals surface area contributed by atoms with Crippen LogP contribution in [-0.2, 0) is 11.3 Å². The summed E-state index contributed by atoms with van der Waals surface area (Å²) in [5.41, 5.74) is 1.05. The van der Waals surface area contributed by atoms with Crippen LogP contribution in [0, 0.1) is 5.92 Å². The third kappa shape index (κ3) is 3.03. The summed E-state index contributed by atoms with van der Waals surface area (Å²) >= 11 is 0. The Kier molecular flexibility index (Phi) is 3.22. The summed E-state index contributed by atoms with van der Waals surface area (Å²) < 4.78 is 5.41. The van der Waals surface area contributed by atoms with Crippen molar-refractivity contribution in [3.8, 4) is 0 Å². The van der Waals surface area contributed by atoms with Crippen LogP contribution in [0.4, 0.5) is 4.79 Å². The molecule has 2 fully saturated rings. The quantitative estimate of drug-likeness (QED) is 0.797. The van der Waals surface area contributed by atoms with Gasteiger partial charge < -0.3 is 9.64 Å². The number of benzene rings is 1. The van der Waals surface area contributed by atoms with Gasteiger partial charge in [-0.15, -0.1) is 0 Å². The lowest BCUT2D eigenvalue weighted by molar-refractivity contribution is 0.0918. The number of amides is 1. The topological polar surface area (TPSA) is 29.5 Å². The number of carbonyl (C=O) groups excluding carboxylic acids is 1. The average molecular weight is 245 g/mol. The number of ether oxygens (including phenoxy) is 1. The largest absolute Gasteiger partial charge is 0.445 e. The Morgan fingerprint density at radius 1 is 1.17 bits per heavy atom. The first-order valence-corrected chi connectivity index (χ1v) is 6.80. The van der Waals surface area contributed by atoms with Gasteiger partial charge in [0.2, 0.25) is 0 Å². The van der Waals surface area contributed by atoms with Crippen molar-refractivity contribution >= 4 is 6.09 Å². The fourth-order valence-corrected chi connectivity index (χ4v) is 2.14. The van der Waals surface area contributed by atoms with Crippen LogP contribution in [0.2, 0.25) is 0 Å². The van der Waals surface area contributed by atoms with Gasteiger partial charge in [0, 0.05) is 12.6 Å². The summed E-state index contributed by atoms with van der Waals surface area (Å²) in [5.74, 6) is 0.731. The van der Waals surface area contributed by atoms with Gasteiger partial charge in [0.1, 0.15) is 6.61 Å². The summed E-state index contributed by atoms with van der Waals surface area (Å²) in [6.45, 7) is 1.28. The molecular weight excluding hydrogens is 226 g/mol. The monoisotopic (exact) mass is 245 g/mol. The molecule has 0 heterocycles. The zero-order chi connectivity index (χ0) is 12.4. The van der Waals surface area contributed by atoms with Gasteiger partial charge in [-0.3, -0.25) is 0 Å². The Morgan fingerprint density at radius 3 is 2.50 bits per heavy atom. The summed E-state index contributed by atoms with van der Waals surface area (Å²) in [6, 6.07) is 10.3. The second-order valence-corrected chi connectivity index (χ2v) is 5.37. The molecule has 0 aliphatic heterocycles. The van der Waals surface area contributed by atoms with Crippen LogP contribution in [-0.4, -0.2) is 23.6 Å².